The quantitative estimate of drug-likeness (QED) is 0.240. The summed E-state index contributed by atoms with van der Waals surface area (Å²) in [7, 11) is 1.37. The standard InChI is InChI=1S/C25H28N4O3S3/c1-4-10-29-22(17-12-33-19-11-14(2)8-9-15(17)19)27-28-25(29)34-13-20(30)26-23-21(24(31)32-3)16-6-5-7-18(16)35-23/h4,12,14H,1,5-11,13H2,2-3H3,(H,26,30). The molecule has 0 saturated carbocycles. The van der Waals surface area contributed by atoms with E-state index in [4.69, 9.17) is 4.74 Å². The molecule has 0 saturated heterocycles. The Labute approximate surface area is 217 Å². The van der Waals surface area contributed by atoms with Crippen LogP contribution in [0.25, 0.3) is 11.4 Å². The number of thiophene rings is 2. The fourth-order valence-corrected chi connectivity index (χ4v) is 8.14. The molecule has 1 N–H and O–H groups in total. The summed E-state index contributed by atoms with van der Waals surface area (Å²) in [6.07, 6.45) is 8.02. The van der Waals surface area contributed by atoms with Crippen molar-refractivity contribution < 1.29 is 14.3 Å². The van der Waals surface area contributed by atoms with E-state index in [1.807, 2.05) is 10.6 Å². The summed E-state index contributed by atoms with van der Waals surface area (Å²) in [5.74, 6) is 1.14. The Kier molecular flexibility index (Phi) is 7.13. The molecular formula is C25H28N4O3S3. The molecule has 1 unspecified atom stereocenters. The summed E-state index contributed by atoms with van der Waals surface area (Å²) >= 11 is 4.63. The second kappa shape index (κ2) is 10.3. The molecule has 7 nitrogen and oxygen atoms in total. The first-order valence-corrected chi connectivity index (χ1v) is 14.5. The van der Waals surface area contributed by atoms with Crippen molar-refractivity contribution in [2.45, 2.75) is 57.1 Å². The number of nitrogens with one attached hydrogen (secondary N) is 1. The number of fused-ring (bicyclic) bond motifs is 2. The van der Waals surface area contributed by atoms with Crippen molar-refractivity contribution in [2.75, 3.05) is 18.2 Å². The molecule has 1 atom stereocenters. The molecule has 2 aliphatic carbocycles. The zero-order chi connectivity index (χ0) is 24.5. The van der Waals surface area contributed by atoms with Crippen LogP contribution in [0.15, 0.2) is 23.2 Å². The zero-order valence-electron chi connectivity index (χ0n) is 19.9. The van der Waals surface area contributed by atoms with E-state index in [9.17, 15) is 9.59 Å². The van der Waals surface area contributed by atoms with E-state index in [0.717, 1.165) is 53.9 Å². The van der Waals surface area contributed by atoms with Gasteiger partial charge in [-0.1, -0.05) is 24.8 Å². The highest BCUT2D eigenvalue weighted by Crippen LogP contribution is 2.40. The number of anilines is 1. The Morgan fingerprint density at radius 2 is 2.14 bits per heavy atom. The third-order valence-corrected chi connectivity index (χ3v) is 9.79. The Morgan fingerprint density at radius 3 is 2.94 bits per heavy atom. The summed E-state index contributed by atoms with van der Waals surface area (Å²) in [5.41, 5.74) is 4.07. The SMILES string of the molecule is C=CCn1c(SCC(=O)Nc2sc3c(c2C(=O)OC)CCC3)nnc1-c1csc2c1CCC(C)C2. The lowest BCUT2D eigenvalue weighted by Crippen LogP contribution is -2.16. The highest BCUT2D eigenvalue weighted by molar-refractivity contribution is 7.99. The molecule has 3 heterocycles. The number of carbonyl (C=O) groups is 2. The second-order valence-electron chi connectivity index (χ2n) is 8.99. The number of aryl methyl sites for hydroxylation is 1. The predicted octanol–water partition coefficient (Wildman–Crippen LogP) is 5.39. The maximum absolute atomic E-state index is 12.8. The van der Waals surface area contributed by atoms with Crippen LogP contribution in [0.4, 0.5) is 5.00 Å². The van der Waals surface area contributed by atoms with Gasteiger partial charge in [0.2, 0.25) is 5.91 Å². The highest BCUT2D eigenvalue weighted by Gasteiger charge is 2.28. The third kappa shape index (κ3) is 4.71. The lowest BCUT2D eigenvalue weighted by Gasteiger charge is -2.19. The minimum absolute atomic E-state index is 0.164. The molecular weight excluding hydrogens is 501 g/mol. The minimum atomic E-state index is -0.392. The second-order valence-corrected chi connectivity index (χ2v) is 12.0. The summed E-state index contributed by atoms with van der Waals surface area (Å²) < 4.78 is 7.01. The smallest absolute Gasteiger partial charge is 0.341 e. The number of hydrogen-bond donors (Lipinski definition) is 1. The molecule has 3 aromatic heterocycles. The molecule has 0 spiro atoms. The van der Waals surface area contributed by atoms with Crippen molar-refractivity contribution in [3.63, 3.8) is 0 Å². The summed E-state index contributed by atoms with van der Waals surface area (Å²) in [6.45, 7) is 6.77. The van der Waals surface area contributed by atoms with Gasteiger partial charge in [0, 0.05) is 27.2 Å². The van der Waals surface area contributed by atoms with Gasteiger partial charge in [0.15, 0.2) is 11.0 Å². The van der Waals surface area contributed by atoms with Crippen molar-refractivity contribution in [1.29, 1.82) is 0 Å². The number of esters is 1. The van der Waals surface area contributed by atoms with Crippen LogP contribution in [-0.4, -0.2) is 39.5 Å². The van der Waals surface area contributed by atoms with Gasteiger partial charge in [0.05, 0.1) is 18.4 Å². The third-order valence-electron chi connectivity index (χ3n) is 6.57. The summed E-state index contributed by atoms with van der Waals surface area (Å²) in [4.78, 5) is 27.8. The van der Waals surface area contributed by atoms with E-state index in [-0.39, 0.29) is 11.7 Å². The van der Waals surface area contributed by atoms with Gasteiger partial charge in [-0.25, -0.2) is 4.79 Å². The maximum Gasteiger partial charge on any atom is 0.341 e. The lowest BCUT2D eigenvalue weighted by molar-refractivity contribution is -0.113. The van der Waals surface area contributed by atoms with Crippen molar-refractivity contribution in [1.82, 2.24) is 14.8 Å². The Bertz CT molecular complexity index is 1290. The van der Waals surface area contributed by atoms with Crippen LogP contribution >= 0.6 is 34.4 Å². The molecule has 35 heavy (non-hydrogen) atoms. The molecule has 0 aromatic carbocycles. The van der Waals surface area contributed by atoms with Gasteiger partial charge in [-0.15, -0.1) is 39.4 Å². The molecule has 3 aromatic rings. The van der Waals surface area contributed by atoms with E-state index in [1.54, 1.807) is 11.3 Å². The number of allylic oxidation sites excluding steroid dienone is 1. The molecule has 2 aliphatic rings. The Balaban J connectivity index is 1.32. The minimum Gasteiger partial charge on any atom is -0.465 e. The van der Waals surface area contributed by atoms with Crippen LogP contribution in [0.5, 0.6) is 0 Å². The maximum atomic E-state index is 12.8. The van der Waals surface area contributed by atoms with Gasteiger partial charge in [-0.2, -0.15) is 0 Å². The van der Waals surface area contributed by atoms with Gasteiger partial charge < -0.3 is 10.1 Å². The average molecular weight is 529 g/mol. The van der Waals surface area contributed by atoms with Crippen LogP contribution in [-0.2, 0) is 41.8 Å². The number of aromatic nitrogens is 3. The zero-order valence-corrected chi connectivity index (χ0v) is 22.3. The Hall–Kier alpha value is -2.43. The van der Waals surface area contributed by atoms with Gasteiger partial charge in [0.1, 0.15) is 5.00 Å². The van der Waals surface area contributed by atoms with Crippen LogP contribution < -0.4 is 5.32 Å². The van der Waals surface area contributed by atoms with E-state index in [0.29, 0.717) is 28.2 Å². The van der Waals surface area contributed by atoms with Crippen molar-refractivity contribution in [3.05, 3.63) is 44.5 Å². The van der Waals surface area contributed by atoms with E-state index in [1.165, 1.54) is 47.1 Å². The molecule has 1 amide bonds. The average Bonchev–Trinajstić information content (AvgIpc) is 3.60. The molecule has 10 heteroatoms. The van der Waals surface area contributed by atoms with Gasteiger partial charge >= 0.3 is 5.97 Å². The summed E-state index contributed by atoms with van der Waals surface area (Å²) in [6, 6.07) is 0. The number of ether oxygens (including phenoxy) is 1. The van der Waals surface area contributed by atoms with Crippen LogP contribution in [0.1, 0.15) is 51.0 Å². The van der Waals surface area contributed by atoms with Crippen LogP contribution in [0.3, 0.4) is 0 Å². The predicted molar refractivity (Wildman–Crippen MR) is 142 cm³/mol. The molecule has 184 valence electrons. The monoisotopic (exact) mass is 528 g/mol. The first-order valence-electron chi connectivity index (χ1n) is 11.8. The molecule has 0 fully saturated rings. The van der Waals surface area contributed by atoms with Gasteiger partial charge in [-0.05, 0) is 55.6 Å². The van der Waals surface area contributed by atoms with E-state index >= 15 is 0 Å². The largest absolute Gasteiger partial charge is 0.465 e. The van der Waals surface area contributed by atoms with E-state index < -0.39 is 5.97 Å². The molecule has 0 bridgehead atoms. The highest BCUT2D eigenvalue weighted by atomic mass is 32.2. The number of hydrogen-bond acceptors (Lipinski definition) is 8. The van der Waals surface area contributed by atoms with Crippen molar-refractivity contribution in [3.8, 4) is 11.4 Å². The fourth-order valence-electron chi connectivity index (χ4n) is 4.86. The van der Waals surface area contributed by atoms with Crippen LogP contribution in [0, 0.1) is 5.92 Å². The van der Waals surface area contributed by atoms with Gasteiger partial charge in [-0.3, -0.25) is 9.36 Å². The fraction of sp³-hybridized carbons (Fsp3) is 0.440. The van der Waals surface area contributed by atoms with Crippen LogP contribution in [0.2, 0.25) is 0 Å². The van der Waals surface area contributed by atoms with Crippen molar-refractivity contribution in [2.24, 2.45) is 5.92 Å². The number of methoxy groups -OCH3 is 1. The summed E-state index contributed by atoms with van der Waals surface area (Å²) in [5, 5.41) is 15.3. The number of amides is 1. The number of nitrogens with zero attached hydrogens (tertiary/aromatic N) is 3. The van der Waals surface area contributed by atoms with Crippen molar-refractivity contribution >= 4 is 51.3 Å². The topological polar surface area (TPSA) is 86.1 Å². The number of carbonyl (C=O) groups excluding carboxylic acids is 2. The lowest BCUT2D eigenvalue weighted by atomic mass is 9.88. The molecule has 0 aliphatic heterocycles. The van der Waals surface area contributed by atoms with E-state index in [2.05, 4.69) is 34.4 Å². The molecule has 5 rings (SSSR count). The van der Waals surface area contributed by atoms with Gasteiger partial charge in [0.25, 0.3) is 0 Å². The number of rotatable bonds is 8. The first kappa shape index (κ1) is 24.3. The normalized spacial score (nSPS) is 16.6. The molecule has 0 radical (unpaired) electrons. The first-order chi connectivity index (χ1) is 17.0. The number of thioether (sulfide) groups is 1. The Morgan fingerprint density at radius 1 is 1.29 bits per heavy atom.